The Labute approximate surface area is 172 Å². The second kappa shape index (κ2) is 9.23. The molecule has 3 amide bonds. The number of hydrogen-bond donors (Lipinski definition) is 3. The number of carbonyl (C=O) groups is 3. The van der Waals surface area contributed by atoms with Crippen LogP contribution in [0.5, 0.6) is 0 Å². The first-order chi connectivity index (χ1) is 14.3. The van der Waals surface area contributed by atoms with Crippen molar-refractivity contribution in [2.75, 3.05) is 6.54 Å². The average molecular weight is 433 g/mol. The molecule has 0 fully saturated rings. The zero-order valence-electron chi connectivity index (χ0n) is 15.2. The minimum absolute atomic E-state index is 0.281. The van der Waals surface area contributed by atoms with Crippen LogP contribution in [0, 0.1) is 17.5 Å². The van der Waals surface area contributed by atoms with Crippen molar-refractivity contribution in [3.63, 3.8) is 0 Å². The Morgan fingerprint density at radius 3 is 2.10 bits per heavy atom. The van der Waals surface area contributed by atoms with Crippen molar-refractivity contribution in [2.45, 2.75) is 0 Å². The molecular weight excluding hydrogens is 419 g/mol. The third kappa shape index (κ3) is 5.45. The van der Waals surface area contributed by atoms with Gasteiger partial charge in [0, 0.05) is 16.5 Å². The average Bonchev–Trinajstić information content (AvgIpc) is 3.20. The first-order valence-electron chi connectivity index (χ1n) is 8.51. The summed E-state index contributed by atoms with van der Waals surface area (Å²) in [6.07, 6.45) is 0. The van der Waals surface area contributed by atoms with Gasteiger partial charge in [0.1, 0.15) is 17.5 Å². The third-order valence-corrected chi connectivity index (χ3v) is 4.94. The molecule has 3 aromatic rings. The van der Waals surface area contributed by atoms with Crippen LogP contribution in [0.2, 0.25) is 0 Å². The Balaban J connectivity index is 1.49. The van der Waals surface area contributed by atoms with Crippen LogP contribution in [0.3, 0.4) is 0 Å². The van der Waals surface area contributed by atoms with E-state index < -0.39 is 35.9 Å². The Bertz CT molecular complexity index is 1080. The minimum Gasteiger partial charge on any atom is -0.343 e. The van der Waals surface area contributed by atoms with Crippen LogP contribution in [0.25, 0.3) is 10.4 Å². The van der Waals surface area contributed by atoms with E-state index in [1.165, 1.54) is 12.1 Å². The van der Waals surface area contributed by atoms with Crippen molar-refractivity contribution >= 4 is 29.1 Å². The number of thiophene rings is 1. The van der Waals surface area contributed by atoms with Crippen molar-refractivity contribution in [3.05, 3.63) is 82.5 Å². The molecule has 0 atom stereocenters. The molecule has 0 aliphatic carbocycles. The Morgan fingerprint density at radius 2 is 1.43 bits per heavy atom. The topological polar surface area (TPSA) is 87.3 Å². The van der Waals surface area contributed by atoms with E-state index in [0.717, 1.165) is 33.9 Å². The summed E-state index contributed by atoms with van der Waals surface area (Å²) in [4.78, 5) is 36.8. The standard InChI is InChI=1S/C20H14F3N3O3S/c21-13-3-1-11(2-4-13)16-5-6-17(30-16)20(29)26-25-18(27)10-24-19(28)12-7-14(22)9-15(23)8-12/h1-9H,10H2,(H,24,28)(H,25,27)(H,26,29). The highest BCUT2D eigenvalue weighted by Gasteiger charge is 2.13. The summed E-state index contributed by atoms with van der Waals surface area (Å²) < 4.78 is 39.2. The number of carbonyl (C=O) groups excluding carboxylic acids is 3. The van der Waals surface area contributed by atoms with E-state index in [2.05, 4.69) is 16.2 Å². The van der Waals surface area contributed by atoms with Crippen molar-refractivity contribution in [2.24, 2.45) is 0 Å². The molecular formula is C20H14F3N3O3S. The van der Waals surface area contributed by atoms with Crippen LogP contribution in [0.4, 0.5) is 13.2 Å². The summed E-state index contributed by atoms with van der Waals surface area (Å²) in [5, 5.41) is 2.18. The first kappa shape index (κ1) is 21.1. The molecule has 0 radical (unpaired) electrons. The maximum absolute atomic E-state index is 13.1. The second-order valence-corrected chi connectivity index (χ2v) is 7.10. The zero-order chi connectivity index (χ0) is 21.7. The van der Waals surface area contributed by atoms with Crippen LogP contribution in [-0.2, 0) is 4.79 Å². The lowest BCUT2D eigenvalue weighted by atomic mass is 10.2. The molecule has 0 bridgehead atoms. The fraction of sp³-hybridized carbons (Fsp3) is 0.0500. The van der Waals surface area contributed by atoms with Gasteiger partial charge in [-0.25, -0.2) is 13.2 Å². The van der Waals surface area contributed by atoms with Gasteiger partial charge in [-0.1, -0.05) is 12.1 Å². The molecule has 1 heterocycles. The van der Waals surface area contributed by atoms with E-state index in [-0.39, 0.29) is 11.4 Å². The highest BCUT2D eigenvalue weighted by Crippen LogP contribution is 2.28. The predicted molar refractivity (Wildman–Crippen MR) is 104 cm³/mol. The van der Waals surface area contributed by atoms with E-state index >= 15 is 0 Å². The van der Waals surface area contributed by atoms with Crippen molar-refractivity contribution in [3.8, 4) is 10.4 Å². The number of rotatable bonds is 5. The van der Waals surface area contributed by atoms with Crippen molar-refractivity contribution < 1.29 is 27.6 Å². The second-order valence-electron chi connectivity index (χ2n) is 6.01. The highest BCUT2D eigenvalue weighted by atomic mass is 32.1. The molecule has 0 aliphatic heterocycles. The molecule has 0 spiro atoms. The summed E-state index contributed by atoms with van der Waals surface area (Å²) in [6.45, 7) is -0.525. The van der Waals surface area contributed by atoms with Gasteiger partial charge in [0.2, 0.25) is 0 Å². The lowest BCUT2D eigenvalue weighted by Gasteiger charge is -2.08. The van der Waals surface area contributed by atoms with Gasteiger partial charge in [-0.2, -0.15) is 0 Å². The number of amides is 3. The fourth-order valence-corrected chi connectivity index (χ4v) is 3.32. The molecule has 6 nitrogen and oxygen atoms in total. The zero-order valence-corrected chi connectivity index (χ0v) is 16.0. The van der Waals surface area contributed by atoms with Crippen LogP contribution < -0.4 is 16.2 Å². The molecule has 10 heteroatoms. The number of halogens is 3. The number of hydrogen-bond acceptors (Lipinski definition) is 4. The SMILES string of the molecule is O=C(CNC(=O)c1cc(F)cc(F)c1)NNC(=O)c1ccc(-c2ccc(F)cc2)s1. The molecule has 3 rings (SSSR count). The summed E-state index contributed by atoms with van der Waals surface area (Å²) in [7, 11) is 0. The largest absolute Gasteiger partial charge is 0.343 e. The molecule has 0 unspecified atom stereocenters. The molecule has 1 aromatic heterocycles. The monoisotopic (exact) mass is 433 g/mol. The Hall–Kier alpha value is -3.66. The van der Waals surface area contributed by atoms with Gasteiger partial charge in [0.15, 0.2) is 0 Å². The lowest BCUT2D eigenvalue weighted by molar-refractivity contribution is -0.120. The smallest absolute Gasteiger partial charge is 0.279 e. The van der Waals surface area contributed by atoms with Gasteiger partial charge in [-0.15, -0.1) is 11.3 Å². The molecule has 30 heavy (non-hydrogen) atoms. The fourth-order valence-electron chi connectivity index (χ4n) is 2.41. The summed E-state index contributed by atoms with van der Waals surface area (Å²) >= 11 is 1.14. The van der Waals surface area contributed by atoms with Crippen LogP contribution in [0.1, 0.15) is 20.0 Å². The maximum Gasteiger partial charge on any atom is 0.279 e. The van der Waals surface area contributed by atoms with Crippen molar-refractivity contribution in [1.29, 1.82) is 0 Å². The van der Waals surface area contributed by atoms with Crippen molar-refractivity contribution in [1.82, 2.24) is 16.2 Å². The normalized spacial score (nSPS) is 10.4. The van der Waals surface area contributed by atoms with Gasteiger partial charge < -0.3 is 5.32 Å². The molecule has 0 aliphatic rings. The van der Waals surface area contributed by atoms with Gasteiger partial charge in [0.25, 0.3) is 17.7 Å². The van der Waals surface area contributed by atoms with E-state index in [0.29, 0.717) is 10.9 Å². The quantitative estimate of drug-likeness (QED) is 0.541. The summed E-state index contributed by atoms with van der Waals surface area (Å²) in [5.74, 6) is -4.40. The van der Waals surface area contributed by atoms with Gasteiger partial charge in [0.05, 0.1) is 11.4 Å². The summed E-state index contributed by atoms with van der Waals surface area (Å²) in [6, 6.07) is 11.3. The molecule has 0 saturated heterocycles. The summed E-state index contributed by atoms with van der Waals surface area (Å²) in [5.41, 5.74) is 4.77. The highest BCUT2D eigenvalue weighted by molar-refractivity contribution is 7.17. The van der Waals surface area contributed by atoms with E-state index in [1.54, 1.807) is 24.3 Å². The van der Waals surface area contributed by atoms with Crippen LogP contribution >= 0.6 is 11.3 Å². The minimum atomic E-state index is -0.923. The van der Waals surface area contributed by atoms with E-state index in [4.69, 9.17) is 0 Å². The van der Waals surface area contributed by atoms with Gasteiger partial charge in [-0.05, 0) is 42.0 Å². The van der Waals surface area contributed by atoms with Crippen LogP contribution in [0.15, 0.2) is 54.6 Å². The number of nitrogens with one attached hydrogen (secondary N) is 3. The van der Waals surface area contributed by atoms with Gasteiger partial charge >= 0.3 is 0 Å². The predicted octanol–water partition coefficient (Wildman–Crippen LogP) is 3.02. The van der Waals surface area contributed by atoms with Gasteiger partial charge in [-0.3, -0.25) is 25.2 Å². The number of hydrazine groups is 1. The molecule has 3 N–H and O–H groups in total. The maximum atomic E-state index is 13.1. The van der Waals surface area contributed by atoms with E-state index in [9.17, 15) is 27.6 Å². The molecule has 154 valence electrons. The molecule has 0 saturated carbocycles. The van der Waals surface area contributed by atoms with E-state index in [1.807, 2.05) is 0 Å². The van der Waals surface area contributed by atoms with Crippen LogP contribution in [-0.4, -0.2) is 24.3 Å². The lowest BCUT2D eigenvalue weighted by Crippen LogP contribution is -2.46. The molecule has 2 aromatic carbocycles. The first-order valence-corrected chi connectivity index (χ1v) is 9.33. The third-order valence-electron chi connectivity index (χ3n) is 3.81. The Kier molecular flexibility index (Phi) is 6.48. The number of benzene rings is 2. The Morgan fingerprint density at radius 1 is 0.767 bits per heavy atom.